The van der Waals surface area contributed by atoms with Crippen LogP contribution in [-0.2, 0) is 19.4 Å². The fourth-order valence-corrected chi connectivity index (χ4v) is 2.42. The molecule has 0 spiro atoms. The third-order valence-electron chi connectivity index (χ3n) is 3.01. The zero-order chi connectivity index (χ0) is 8.84. The van der Waals surface area contributed by atoms with Gasteiger partial charge in [-0.1, -0.05) is 0 Å². The van der Waals surface area contributed by atoms with Crippen LogP contribution >= 0.6 is 12.4 Å². The second-order valence-electron chi connectivity index (χ2n) is 3.76. The summed E-state index contributed by atoms with van der Waals surface area (Å²) in [5, 5.41) is 2.87. The number of carbonyl (C=O) groups is 1. The molecule has 1 N–H and O–H groups in total. The standard InChI is InChI=1S/C10H12N2O.ClH/c13-10-9-6-7-2-1-3-8(7)12(9)5-4-11-10;/h6H,1-5H2,(H,11,13);1H. The summed E-state index contributed by atoms with van der Waals surface area (Å²) in [5.41, 5.74) is 3.67. The Morgan fingerprint density at radius 3 is 3.07 bits per heavy atom. The van der Waals surface area contributed by atoms with Gasteiger partial charge in [-0.05, 0) is 30.9 Å². The molecule has 0 saturated heterocycles. The highest BCUT2D eigenvalue weighted by atomic mass is 35.5. The second-order valence-corrected chi connectivity index (χ2v) is 3.76. The van der Waals surface area contributed by atoms with Crippen molar-refractivity contribution in [1.29, 1.82) is 0 Å². The van der Waals surface area contributed by atoms with Gasteiger partial charge in [0.15, 0.2) is 0 Å². The first-order valence-electron chi connectivity index (χ1n) is 4.86. The maximum Gasteiger partial charge on any atom is 0.267 e. The van der Waals surface area contributed by atoms with Crippen molar-refractivity contribution in [3.63, 3.8) is 0 Å². The van der Waals surface area contributed by atoms with E-state index >= 15 is 0 Å². The average Bonchev–Trinajstić information content (AvgIpc) is 2.65. The van der Waals surface area contributed by atoms with E-state index in [2.05, 4.69) is 16.0 Å². The van der Waals surface area contributed by atoms with Crippen LogP contribution in [0.4, 0.5) is 0 Å². The lowest BCUT2D eigenvalue weighted by molar-refractivity contribution is 0.0927. The van der Waals surface area contributed by atoms with Gasteiger partial charge < -0.3 is 9.88 Å². The van der Waals surface area contributed by atoms with Gasteiger partial charge in [0.1, 0.15) is 5.69 Å². The van der Waals surface area contributed by atoms with Crippen LogP contribution in [0.5, 0.6) is 0 Å². The maximum atomic E-state index is 11.5. The van der Waals surface area contributed by atoms with Crippen LogP contribution < -0.4 is 5.32 Å². The number of fused-ring (bicyclic) bond motifs is 3. The number of aromatic nitrogens is 1. The molecule has 1 aliphatic heterocycles. The van der Waals surface area contributed by atoms with Crippen molar-refractivity contribution in [2.75, 3.05) is 6.54 Å². The zero-order valence-electron chi connectivity index (χ0n) is 7.88. The molecule has 1 aromatic rings. The molecular weight excluding hydrogens is 200 g/mol. The summed E-state index contributed by atoms with van der Waals surface area (Å²) in [6.07, 6.45) is 3.57. The number of amides is 1. The number of nitrogens with zero attached hydrogens (tertiary/aromatic N) is 1. The first-order chi connectivity index (χ1) is 6.36. The molecule has 0 radical (unpaired) electrons. The first-order valence-corrected chi connectivity index (χ1v) is 4.86. The van der Waals surface area contributed by atoms with Crippen molar-refractivity contribution < 1.29 is 4.79 Å². The predicted octanol–water partition coefficient (Wildman–Crippen LogP) is 1.14. The molecule has 3 rings (SSSR count). The fourth-order valence-electron chi connectivity index (χ4n) is 2.42. The van der Waals surface area contributed by atoms with Gasteiger partial charge in [-0.15, -0.1) is 12.4 Å². The Balaban J connectivity index is 0.000000750. The van der Waals surface area contributed by atoms with Gasteiger partial charge in [0.05, 0.1) is 0 Å². The summed E-state index contributed by atoms with van der Waals surface area (Å²) < 4.78 is 2.20. The van der Waals surface area contributed by atoms with Crippen molar-refractivity contribution >= 4 is 18.3 Å². The molecule has 1 amide bonds. The van der Waals surface area contributed by atoms with Gasteiger partial charge in [0, 0.05) is 18.8 Å². The summed E-state index contributed by atoms with van der Waals surface area (Å²) in [5.74, 6) is 0.0978. The Labute approximate surface area is 88.9 Å². The van der Waals surface area contributed by atoms with E-state index in [1.807, 2.05) is 0 Å². The molecule has 0 unspecified atom stereocenters. The van der Waals surface area contributed by atoms with Crippen molar-refractivity contribution in [2.45, 2.75) is 25.8 Å². The third kappa shape index (κ3) is 1.16. The van der Waals surface area contributed by atoms with Crippen LogP contribution in [0, 0.1) is 0 Å². The molecule has 2 heterocycles. The molecule has 1 aliphatic carbocycles. The van der Waals surface area contributed by atoms with Gasteiger partial charge in [-0.3, -0.25) is 4.79 Å². The van der Waals surface area contributed by atoms with Gasteiger partial charge >= 0.3 is 0 Å². The topological polar surface area (TPSA) is 34.0 Å². The molecule has 3 nitrogen and oxygen atoms in total. The molecule has 2 aliphatic rings. The number of hydrogen-bond donors (Lipinski definition) is 1. The van der Waals surface area contributed by atoms with Crippen LogP contribution in [0.1, 0.15) is 28.2 Å². The van der Waals surface area contributed by atoms with Crippen molar-refractivity contribution in [3.05, 3.63) is 23.0 Å². The molecule has 76 valence electrons. The van der Waals surface area contributed by atoms with Gasteiger partial charge in [0.25, 0.3) is 5.91 Å². The van der Waals surface area contributed by atoms with E-state index in [0.29, 0.717) is 0 Å². The van der Waals surface area contributed by atoms with Gasteiger partial charge in [-0.2, -0.15) is 0 Å². The Morgan fingerprint density at radius 1 is 1.36 bits per heavy atom. The van der Waals surface area contributed by atoms with Crippen LogP contribution in [-0.4, -0.2) is 17.0 Å². The summed E-state index contributed by atoms with van der Waals surface area (Å²) >= 11 is 0. The molecule has 14 heavy (non-hydrogen) atoms. The molecule has 1 aromatic heterocycles. The summed E-state index contributed by atoms with van der Waals surface area (Å²) in [6, 6.07) is 2.07. The molecule has 0 bridgehead atoms. The highest BCUT2D eigenvalue weighted by Gasteiger charge is 2.24. The molecule has 0 aromatic carbocycles. The van der Waals surface area contributed by atoms with E-state index in [1.165, 1.54) is 17.7 Å². The highest BCUT2D eigenvalue weighted by molar-refractivity contribution is 5.94. The maximum absolute atomic E-state index is 11.5. The Hall–Kier alpha value is -0.960. The summed E-state index contributed by atoms with van der Waals surface area (Å²) in [6.45, 7) is 1.74. The minimum atomic E-state index is 0. The van der Waals surface area contributed by atoms with Gasteiger partial charge in [0.2, 0.25) is 0 Å². The van der Waals surface area contributed by atoms with E-state index in [0.717, 1.165) is 31.6 Å². The zero-order valence-corrected chi connectivity index (χ0v) is 8.69. The minimum absolute atomic E-state index is 0. The lowest BCUT2D eigenvalue weighted by Gasteiger charge is -2.17. The summed E-state index contributed by atoms with van der Waals surface area (Å²) in [4.78, 5) is 11.5. The smallest absolute Gasteiger partial charge is 0.267 e. The second kappa shape index (κ2) is 3.31. The van der Waals surface area contributed by atoms with Crippen molar-refractivity contribution in [3.8, 4) is 0 Å². The number of halogens is 1. The molecule has 0 saturated carbocycles. The Kier molecular flexibility index (Phi) is 2.27. The monoisotopic (exact) mass is 212 g/mol. The van der Waals surface area contributed by atoms with Crippen LogP contribution in [0.15, 0.2) is 6.07 Å². The lowest BCUT2D eigenvalue weighted by Crippen LogP contribution is -2.35. The van der Waals surface area contributed by atoms with Crippen molar-refractivity contribution in [2.24, 2.45) is 0 Å². The van der Waals surface area contributed by atoms with Crippen LogP contribution in [0.25, 0.3) is 0 Å². The van der Waals surface area contributed by atoms with Crippen LogP contribution in [0.3, 0.4) is 0 Å². The predicted molar refractivity (Wildman–Crippen MR) is 56.0 cm³/mol. The van der Waals surface area contributed by atoms with E-state index in [-0.39, 0.29) is 18.3 Å². The Bertz CT molecular complexity index is 384. The van der Waals surface area contributed by atoms with E-state index in [4.69, 9.17) is 0 Å². The Morgan fingerprint density at radius 2 is 2.21 bits per heavy atom. The number of rotatable bonds is 0. The van der Waals surface area contributed by atoms with E-state index in [1.54, 1.807) is 0 Å². The fraction of sp³-hybridized carbons (Fsp3) is 0.500. The summed E-state index contributed by atoms with van der Waals surface area (Å²) in [7, 11) is 0. The lowest BCUT2D eigenvalue weighted by atomic mass is 10.2. The average molecular weight is 213 g/mol. The van der Waals surface area contributed by atoms with E-state index < -0.39 is 0 Å². The van der Waals surface area contributed by atoms with Crippen LogP contribution in [0.2, 0.25) is 0 Å². The number of aryl methyl sites for hydroxylation is 1. The molecule has 0 atom stereocenters. The first kappa shape index (κ1) is 9.59. The molecular formula is C10H13ClN2O. The van der Waals surface area contributed by atoms with Crippen molar-refractivity contribution in [1.82, 2.24) is 9.88 Å². The largest absolute Gasteiger partial charge is 0.349 e. The van der Waals surface area contributed by atoms with E-state index in [9.17, 15) is 4.79 Å². The quantitative estimate of drug-likeness (QED) is 0.688. The molecule has 0 fully saturated rings. The SMILES string of the molecule is Cl.O=C1NCCn2c1cc1c2CCC1. The number of hydrogen-bond acceptors (Lipinski definition) is 1. The molecule has 4 heteroatoms. The third-order valence-corrected chi connectivity index (χ3v) is 3.01. The number of carbonyl (C=O) groups excluding carboxylic acids is 1. The number of nitrogens with one attached hydrogen (secondary N) is 1. The van der Waals surface area contributed by atoms with Gasteiger partial charge in [-0.25, -0.2) is 0 Å². The normalized spacial score (nSPS) is 18.1. The minimum Gasteiger partial charge on any atom is -0.349 e. The highest BCUT2D eigenvalue weighted by Crippen LogP contribution is 2.26.